The first-order valence-electron chi connectivity index (χ1n) is 12.1. The first-order chi connectivity index (χ1) is 18.2. The SMILES string of the molecule is CC(C)OCCCN1CN(Cc2cscn2)n2cc(C(=O)CCc3ccc(F)cc3F)c(=O)c(O)c2C1=O. The molecule has 12 heteroatoms. The summed E-state index contributed by atoms with van der Waals surface area (Å²) in [5, 5.41) is 14.3. The highest BCUT2D eigenvalue weighted by atomic mass is 32.1. The Kier molecular flexibility index (Phi) is 8.52. The molecule has 1 aliphatic heterocycles. The number of nitrogens with zero attached hydrogens (tertiary/aromatic N) is 4. The Hall–Kier alpha value is -3.64. The number of carbonyl (C=O) groups is 2. The summed E-state index contributed by atoms with van der Waals surface area (Å²) in [6.45, 7) is 4.97. The van der Waals surface area contributed by atoms with Gasteiger partial charge in [-0.25, -0.2) is 13.8 Å². The summed E-state index contributed by atoms with van der Waals surface area (Å²) in [6, 6.07) is 3.05. The topological polar surface area (TPSA) is 105 Å². The van der Waals surface area contributed by atoms with E-state index in [1.54, 1.807) is 10.5 Å². The Morgan fingerprint density at radius 3 is 2.74 bits per heavy atom. The lowest BCUT2D eigenvalue weighted by Crippen LogP contribution is -2.54. The van der Waals surface area contributed by atoms with Crippen LogP contribution in [0.1, 0.15) is 58.8 Å². The van der Waals surface area contributed by atoms with Crippen LogP contribution in [0.15, 0.2) is 40.1 Å². The van der Waals surface area contributed by atoms with Crippen molar-refractivity contribution in [1.82, 2.24) is 14.6 Å². The van der Waals surface area contributed by atoms with Gasteiger partial charge >= 0.3 is 0 Å². The van der Waals surface area contributed by atoms with Crippen LogP contribution < -0.4 is 10.4 Å². The van der Waals surface area contributed by atoms with E-state index in [1.807, 2.05) is 19.2 Å². The molecule has 0 unspecified atom stereocenters. The molecule has 202 valence electrons. The highest BCUT2D eigenvalue weighted by Crippen LogP contribution is 2.24. The fourth-order valence-electron chi connectivity index (χ4n) is 4.17. The van der Waals surface area contributed by atoms with E-state index in [4.69, 9.17) is 4.74 Å². The van der Waals surface area contributed by atoms with E-state index in [0.717, 1.165) is 12.1 Å². The van der Waals surface area contributed by atoms with E-state index < -0.39 is 34.5 Å². The normalized spacial score (nSPS) is 13.3. The molecular weight excluding hydrogens is 518 g/mol. The summed E-state index contributed by atoms with van der Waals surface area (Å²) < 4.78 is 34.1. The van der Waals surface area contributed by atoms with E-state index in [0.29, 0.717) is 25.3 Å². The summed E-state index contributed by atoms with van der Waals surface area (Å²) >= 11 is 1.40. The summed E-state index contributed by atoms with van der Waals surface area (Å²) in [5.74, 6) is -3.55. The van der Waals surface area contributed by atoms with Crippen LogP contribution in [0.4, 0.5) is 8.78 Å². The Balaban J connectivity index is 1.62. The lowest BCUT2D eigenvalue weighted by molar-refractivity contribution is 0.0566. The van der Waals surface area contributed by atoms with Crippen LogP contribution in [0, 0.1) is 11.6 Å². The van der Waals surface area contributed by atoms with Crippen molar-refractivity contribution in [3.8, 4) is 5.75 Å². The van der Waals surface area contributed by atoms with Crippen molar-refractivity contribution in [3.63, 3.8) is 0 Å². The van der Waals surface area contributed by atoms with Gasteiger partial charge in [0.2, 0.25) is 5.43 Å². The number of fused-ring (bicyclic) bond motifs is 1. The van der Waals surface area contributed by atoms with Crippen LogP contribution >= 0.6 is 11.3 Å². The van der Waals surface area contributed by atoms with Crippen molar-refractivity contribution in [2.75, 3.05) is 24.8 Å². The fraction of sp³-hybridized carbons (Fsp3) is 0.385. The molecule has 0 radical (unpaired) electrons. The number of aromatic nitrogens is 2. The molecule has 0 fully saturated rings. The van der Waals surface area contributed by atoms with Crippen molar-refractivity contribution >= 4 is 23.0 Å². The average molecular weight is 547 g/mol. The number of halogens is 2. The minimum Gasteiger partial charge on any atom is -0.502 e. The molecule has 1 aromatic carbocycles. The molecule has 9 nitrogen and oxygen atoms in total. The van der Waals surface area contributed by atoms with Gasteiger partial charge in [-0.15, -0.1) is 11.3 Å². The number of ketones is 1. The van der Waals surface area contributed by atoms with Gasteiger partial charge in [0, 0.05) is 37.2 Å². The van der Waals surface area contributed by atoms with Gasteiger partial charge in [0.1, 0.15) is 18.3 Å². The summed E-state index contributed by atoms with van der Waals surface area (Å²) in [5.41, 5.74) is 0.938. The minimum atomic E-state index is -0.979. The number of aryl methyl sites for hydroxylation is 1. The quantitative estimate of drug-likeness (QED) is 0.290. The number of aromatic hydroxyl groups is 1. The largest absolute Gasteiger partial charge is 0.502 e. The Labute approximate surface area is 221 Å². The number of rotatable bonds is 11. The third kappa shape index (κ3) is 6.08. The minimum absolute atomic E-state index is 0.0482. The number of Topliss-reactive ketones (excluding diaryl/α,β-unsaturated/α-hetero) is 1. The molecule has 0 atom stereocenters. The van der Waals surface area contributed by atoms with Crippen molar-refractivity contribution in [3.05, 3.63) is 79.7 Å². The van der Waals surface area contributed by atoms with Crippen LogP contribution in [0.25, 0.3) is 0 Å². The zero-order valence-electron chi connectivity index (χ0n) is 21.0. The zero-order chi connectivity index (χ0) is 27.4. The van der Waals surface area contributed by atoms with E-state index in [1.165, 1.54) is 33.2 Å². The first-order valence-corrected chi connectivity index (χ1v) is 13.1. The highest BCUT2D eigenvalue weighted by molar-refractivity contribution is 7.07. The van der Waals surface area contributed by atoms with Crippen LogP contribution in [-0.4, -0.2) is 57.3 Å². The molecule has 38 heavy (non-hydrogen) atoms. The molecule has 0 saturated heterocycles. The van der Waals surface area contributed by atoms with Crippen LogP contribution in [0.2, 0.25) is 0 Å². The maximum Gasteiger partial charge on any atom is 0.277 e. The van der Waals surface area contributed by atoms with Gasteiger partial charge in [-0.1, -0.05) is 6.07 Å². The van der Waals surface area contributed by atoms with Crippen molar-refractivity contribution in [2.24, 2.45) is 0 Å². The molecule has 0 saturated carbocycles. The molecule has 3 heterocycles. The molecule has 0 aliphatic carbocycles. The number of thiazole rings is 1. The Morgan fingerprint density at radius 2 is 2.05 bits per heavy atom. The predicted octanol–water partition coefficient (Wildman–Crippen LogP) is 3.47. The zero-order valence-corrected chi connectivity index (χ0v) is 21.8. The monoisotopic (exact) mass is 546 g/mol. The molecule has 1 N–H and O–H groups in total. The number of carbonyl (C=O) groups excluding carboxylic acids is 2. The standard InChI is InChI=1S/C26H28F2N4O5S/c1-16(2)37-9-3-8-30-15-31(11-19-13-38-14-29-19)32-12-20(24(34)25(35)23(32)26(30)36)22(33)7-5-17-4-6-18(27)10-21(17)28/h4,6,10,12-14,16,35H,3,5,7-9,11,15H2,1-2H3. The van der Waals surface area contributed by atoms with E-state index in [-0.39, 0.29) is 49.0 Å². The molecule has 2 aromatic heterocycles. The van der Waals surface area contributed by atoms with E-state index in [2.05, 4.69) is 4.98 Å². The molecule has 0 bridgehead atoms. The van der Waals surface area contributed by atoms with E-state index in [9.17, 15) is 28.3 Å². The number of hydrogen-bond donors (Lipinski definition) is 1. The number of ether oxygens (including phenoxy) is 1. The van der Waals surface area contributed by atoms with Gasteiger partial charge in [0.25, 0.3) is 5.91 Å². The van der Waals surface area contributed by atoms with Gasteiger partial charge in [0.05, 0.1) is 29.4 Å². The Morgan fingerprint density at radius 1 is 1.26 bits per heavy atom. The van der Waals surface area contributed by atoms with Gasteiger partial charge in [0.15, 0.2) is 17.2 Å². The van der Waals surface area contributed by atoms with Gasteiger partial charge in [-0.2, -0.15) is 0 Å². The van der Waals surface area contributed by atoms with Crippen molar-refractivity contribution < 1.29 is 28.2 Å². The van der Waals surface area contributed by atoms with E-state index >= 15 is 0 Å². The number of pyridine rings is 1. The lowest BCUT2D eigenvalue weighted by Gasteiger charge is -2.39. The number of hydrogen-bond acceptors (Lipinski definition) is 8. The van der Waals surface area contributed by atoms with Gasteiger partial charge < -0.3 is 14.7 Å². The second kappa shape index (κ2) is 11.8. The first kappa shape index (κ1) is 27.4. The summed E-state index contributed by atoms with van der Waals surface area (Å²) in [6.07, 6.45) is 1.52. The number of benzene rings is 1. The van der Waals surface area contributed by atoms with Crippen LogP contribution in [0.3, 0.4) is 0 Å². The van der Waals surface area contributed by atoms with Crippen molar-refractivity contribution in [2.45, 2.75) is 45.8 Å². The van der Waals surface area contributed by atoms with Crippen LogP contribution in [-0.2, 0) is 17.7 Å². The van der Waals surface area contributed by atoms with Crippen LogP contribution in [0.5, 0.6) is 5.75 Å². The molecule has 1 aliphatic rings. The third-order valence-electron chi connectivity index (χ3n) is 6.08. The predicted molar refractivity (Wildman–Crippen MR) is 137 cm³/mol. The highest BCUT2D eigenvalue weighted by Gasteiger charge is 2.34. The molecule has 1 amide bonds. The summed E-state index contributed by atoms with van der Waals surface area (Å²) in [4.78, 5) is 45.1. The Bertz CT molecular complexity index is 1380. The average Bonchev–Trinajstić information content (AvgIpc) is 3.38. The van der Waals surface area contributed by atoms with Crippen molar-refractivity contribution in [1.29, 1.82) is 0 Å². The smallest absolute Gasteiger partial charge is 0.277 e. The molecular formula is C26H28F2N4O5S. The second-order valence-corrected chi connectivity index (χ2v) is 9.92. The third-order valence-corrected chi connectivity index (χ3v) is 6.72. The maximum absolute atomic E-state index is 14.0. The molecule has 3 aromatic rings. The maximum atomic E-state index is 14.0. The lowest BCUT2D eigenvalue weighted by atomic mass is 10.0. The van der Waals surface area contributed by atoms with Gasteiger partial charge in [-0.05, 0) is 38.3 Å². The number of amides is 1. The molecule has 0 spiro atoms. The van der Waals surface area contributed by atoms with Gasteiger partial charge in [-0.3, -0.25) is 24.1 Å². The fourth-order valence-corrected chi connectivity index (χ4v) is 4.72. The second-order valence-electron chi connectivity index (χ2n) is 9.20. The molecule has 4 rings (SSSR count). The summed E-state index contributed by atoms with van der Waals surface area (Å²) in [7, 11) is 0.